The van der Waals surface area contributed by atoms with E-state index >= 15 is 0 Å². The average Bonchev–Trinajstić information content (AvgIpc) is 3.33. The zero-order valence-electron chi connectivity index (χ0n) is 17.4. The van der Waals surface area contributed by atoms with Crippen molar-refractivity contribution >= 4 is 5.91 Å². The molecule has 2 aromatic rings. The summed E-state index contributed by atoms with van der Waals surface area (Å²) in [4.78, 5) is 15.3. The molecule has 0 bridgehead atoms. The Kier molecular flexibility index (Phi) is 5.02. The number of hydrogen-bond donors (Lipinski definition) is 0. The van der Waals surface area contributed by atoms with Gasteiger partial charge in [-0.2, -0.15) is 0 Å². The van der Waals surface area contributed by atoms with Crippen molar-refractivity contribution < 1.29 is 9.32 Å². The number of amides is 1. The van der Waals surface area contributed by atoms with Crippen molar-refractivity contribution in [2.24, 2.45) is 11.3 Å². The molecular weight excluding hydrogens is 354 g/mol. The van der Waals surface area contributed by atoms with E-state index in [1.54, 1.807) is 0 Å². The highest BCUT2D eigenvalue weighted by Crippen LogP contribution is 2.52. The minimum Gasteiger partial charge on any atom is -0.361 e. The van der Waals surface area contributed by atoms with Crippen LogP contribution in [0.25, 0.3) is 0 Å². The number of aromatic nitrogens is 4. The van der Waals surface area contributed by atoms with Gasteiger partial charge in [-0.25, -0.2) is 0 Å². The second-order valence-electron chi connectivity index (χ2n) is 9.10. The van der Waals surface area contributed by atoms with E-state index in [1.807, 2.05) is 25.1 Å². The molecule has 2 aromatic heterocycles. The maximum Gasteiger partial charge on any atom is 0.259 e. The number of aryl methyl sites for hydroxylation is 2. The second kappa shape index (κ2) is 7.33. The molecule has 1 aliphatic carbocycles. The van der Waals surface area contributed by atoms with Crippen LogP contribution in [0.15, 0.2) is 10.9 Å². The van der Waals surface area contributed by atoms with Crippen LogP contribution in [0, 0.1) is 25.2 Å². The van der Waals surface area contributed by atoms with Crippen LogP contribution in [0.2, 0.25) is 0 Å². The van der Waals surface area contributed by atoms with Gasteiger partial charge in [0.1, 0.15) is 23.5 Å². The standard InChI is InChI=1S/C21H31N5O2/c1-14(2)10-26-13-22-23-19(26)17-11-25(12-21(17)8-6-5-7-9-21)20(27)18-15(3)24-28-16(18)4/h13-14,17H,5-12H2,1-4H3. The monoisotopic (exact) mass is 385 g/mol. The number of carbonyl (C=O) groups is 1. The molecule has 4 rings (SSSR count). The molecule has 1 saturated heterocycles. The summed E-state index contributed by atoms with van der Waals surface area (Å²) in [6.45, 7) is 10.5. The van der Waals surface area contributed by atoms with Crippen molar-refractivity contribution in [2.75, 3.05) is 13.1 Å². The van der Waals surface area contributed by atoms with Gasteiger partial charge >= 0.3 is 0 Å². The van der Waals surface area contributed by atoms with Crippen molar-refractivity contribution in [3.8, 4) is 0 Å². The number of nitrogens with zero attached hydrogens (tertiary/aromatic N) is 5. The smallest absolute Gasteiger partial charge is 0.259 e. The third kappa shape index (κ3) is 3.25. The van der Waals surface area contributed by atoms with Gasteiger partial charge in [0.15, 0.2) is 0 Å². The average molecular weight is 386 g/mol. The summed E-state index contributed by atoms with van der Waals surface area (Å²) in [5.41, 5.74) is 1.40. The fourth-order valence-corrected chi connectivity index (χ4v) is 5.26. The van der Waals surface area contributed by atoms with Crippen LogP contribution in [0.4, 0.5) is 0 Å². The van der Waals surface area contributed by atoms with Gasteiger partial charge in [-0.05, 0) is 38.0 Å². The fraction of sp³-hybridized carbons (Fsp3) is 0.714. The molecule has 1 amide bonds. The normalized spacial score (nSPS) is 21.8. The predicted molar refractivity (Wildman–Crippen MR) is 105 cm³/mol. The topological polar surface area (TPSA) is 77.1 Å². The summed E-state index contributed by atoms with van der Waals surface area (Å²) >= 11 is 0. The van der Waals surface area contributed by atoms with Gasteiger partial charge in [-0.15, -0.1) is 10.2 Å². The Morgan fingerprint density at radius 2 is 2.04 bits per heavy atom. The molecule has 28 heavy (non-hydrogen) atoms. The lowest BCUT2D eigenvalue weighted by atomic mass is 9.67. The molecule has 7 nitrogen and oxygen atoms in total. The summed E-state index contributed by atoms with van der Waals surface area (Å²) in [5.74, 6) is 2.45. The molecule has 1 aliphatic heterocycles. The van der Waals surface area contributed by atoms with Crippen LogP contribution in [-0.4, -0.2) is 43.8 Å². The summed E-state index contributed by atoms with van der Waals surface area (Å²) < 4.78 is 7.45. The Balaban J connectivity index is 1.67. The Labute approximate surface area is 166 Å². The molecule has 2 fully saturated rings. The van der Waals surface area contributed by atoms with E-state index in [9.17, 15) is 4.79 Å². The molecule has 1 unspecified atom stereocenters. The molecule has 0 aromatic carbocycles. The largest absolute Gasteiger partial charge is 0.361 e. The molecule has 1 saturated carbocycles. The van der Waals surface area contributed by atoms with Gasteiger partial charge in [-0.1, -0.05) is 38.3 Å². The first-order valence-electron chi connectivity index (χ1n) is 10.5. The van der Waals surface area contributed by atoms with Gasteiger partial charge in [0.05, 0.1) is 5.69 Å². The van der Waals surface area contributed by atoms with Crippen LogP contribution >= 0.6 is 0 Å². The van der Waals surface area contributed by atoms with Crippen molar-refractivity contribution in [3.63, 3.8) is 0 Å². The first-order valence-corrected chi connectivity index (χ1v) is 10.5. The number of rotatable bonds is 4. The van der Waals surface area contributed by atoms with E-state index in [4.69, 9.17) is 4.52 Å². The molecule has 2 aliphatic rings. The first-order chi connectivity index (χ1) is 13.4. The maximum atomic E-state index is 13.3. The van der Waals surface area contributed by atoms with Crippen LogP contribution < -0.4 is 0 Å². The van der Waals surface area contributed by atoms with E-state index in [0.717, 1.165) is 31.8 Å². The van der Waals surface area contributed by atoms with Gasteiger partial charge < -0.3 is 14.0 Å². The van der Waals surface area contributed by atoms with Gasteiger partial charge in [0.25, 0.3) is 5.91 Å². The molecular formula is C21H31N5O2. The van der Waals surface area contributed by atoms with Crippen LogP contribution in [0.3, 0.4) is 0 Å². The van der Waals surface area contributed by atoms with Crippen molar-refractivity contribution in [1.82, 2.24) is 24.8 Å². The lowest BCUT2D eigenvalue weighted by Gasteiger charge is -2.37. The number of hydrogen-bond acceptors (Lipinski definition) is 5. The SMILES string of the molecule is Cc1noc(C)c1C(=O)N1CC(c2nncn2CC(C)C)C2(CCCCC2)C1. The zero-order valence-corrected chi connectivity index (χ0v) is 17.4. The summed E-state index contributed by atoms with van der Waals surface area (Å²) in [6, 6.07) is 0. The summed E-state index contributed by atoms with van der Waals surface area (Å²) in [5, 5.41) is 12.7. The molecule has 1 spiro atoms. The molecule has 152 valence electrons. The third-order valence-corrected chi connectivity index (χ3v) is 6.55. The second-order valence-corrected chi connectivity index (χ2v) is 9.10. The highest BCUT2D eigenvalue weighted by molar-refractivity contribution is 5.96. The minimum absolute atomic E-state index is 0.0404. The van der Waals surface area contributed by atoms with E-state index in [2.05, 4.69) is 33.8 Å². The summed E-state index contributed by atoms with van der Waals surface area (Å²) in [6.07, 6.45) is 7.88. The quantitative estimate of drug-likeness (QED) is 0.801. The Morgan fingerprint density at radius 1 is 1.29 bits per heavy atom. The van der Waals surface area contributed by atoms with Gasteiger partial charge in [0.2, 0.25) is 0 Å². The third-order valence-electron chi connectivity index (χ3n) is 6.55. The first kappa shape index (κ1) is 19.2. The number of likely N-dealkylation sites (tertiary alicyclic amines) is 1. The van der Waals surface area contributed by atoms with E-state index in [-0.39, 0.29) is 17.2 Å². The Morgan fingerprint density at radius 3 is 2.68 bits per heavy atom. The minimum atomic E-state index is 0.0404. The lowest BCUT2D eigenvalue weighted by molar-refractivity contribution is 0.0756. The molecule has 0 N–H and O–H groups in total. The maximum absolute atomic E-state index is 13.3. The highest BCUT2D eigenvalue weighted by atomic mass is 16.5. The molecule has 0 radical (unpaired) electrons. The molecule has 7 heteroatoms. The van der Waals surface area contributed by atoms with Gasteiger partial charge in [-0.3, -0.25) is 4.79 Å². The van der Waals surface area contributed by atoms with Crippen LogP contribution in [0.5, 0.6) is 0 Å². The van der Waals surface area contributed by atoms with Crippen molar-refractivity contribution in [2.45, 2.75) is 72.3 Å². The zero-order chi connectivity index (χ0) is 19.9. The molecule has 1 atom stereocenters. The number of carbonyl (C=O) groups excluding carboxylic acids is 1. The van der Waals surface area contributed by atoms with E-state index in [1.165, 1.54) is 19.3 Å². The Hall–Kier alpha value is -2.18. The summed E-state index contributed by atoms with van der Waals surface area (Å²) in [7, 11) is 0. The Bertz CT molecular complexity index is 827. The fourth-order valence-electron chi connectivity index (χ4n) is 5.26. The van der Waals surface area contributed by atoms with Crippen molar-refractivity contribution in [1.29, 1.82) is 0 Å². The van der Waals surface area contributed by atoms with Gasteiger partial charge in [0, 0.05) is 25.6 Å². The lowest BCUT2D eigenvalue weighted by Crippen LogP contribution is -2.35. The van der Waals surface area contributed by atoms with E-state index in [0.29, 0.717) is 29.5 Å². The van der Waals surface area contributed by atoms with E-state index < -0.39 is 0 Å². The van der Waals surface area contributed by atoms with Crippen LogP contribution in [0.1, 0.15) is 79.5 Å². The van der Waals surface area contributed by atoms with Crippen LogP contribution in [-0.2, 0) is 6.54 Å². The van der Waals surface area contributed by atoms with Crippen molar-refractivity contribution in [3.05, 3.63) is 29.2 Å². The highest BCUT2D eigenvalue weighted by Gasteiger charge is 2.51. The predicted octanol–water partition coefficient (Wildman–Crippen LogP) is 3.73. The molecule has 3 heterocycles.